The van der Waals surface area contributed by atoms with Crippen LogP contribution in [0.5, 0.6) is 0 Å². The Labute approximate surface area is 96.8 Å². The van der Waals surface area contributed by atoms with Crippen molar-refractivity contribution in [1.82, 2.24) is 0 Å². The predicted molar refractivity (Wildman–Crippen MR) is 69.2 cm³/mol. The average Bonchev–Trinajstić information content (AvgIpc) is 2.26. The van der Waals surface area contributed by atoms with Gasteiger partial charge in [-0.1, -0.05) is 41.5 Å². The Morgan fingerprint density at radius 2 is 1.73 bits per heavy atom. The Hall–Kier alpha value is -0.690. The van der Waals surface area contributed by atoms with E-state index in [1.807, 2.05) is 0 Å². The molecule has 0 bridgehead atoms. The van der Waals surface area contributed by atoms with Crippen LogP contribution >= 0.6 is 11.8 Å². The second-order valence-electron chi connectivity index (χ2n) is 4.62. The standard InChI is InChI=1S/C14H18S/c1-11-9-14(3,15-10-12(11)2)13-7-5-4-6-8-13/h4-8H,9-10H2,1-3H3. The van der Waals surface area contributed by atoms with Crippen LogP contribution in [0, 0.1) is 0 Å². The monoisotopic (exact) mass is 218 g/mol. The molecule has 1 aliphatic heterocycles. The SMILES string of the molecule is CC1=C(C)CC(C)(c2ccccc2)SC1. The third-order valence-corrected chi connectivity index (χ3v) is 4.92. The third kappa shape index (κ3) is 2.12. The Kier molecular flexibility index (Phi) is 2.92. The van der Waals surface area contributed by atoms with E-state index in [1.54, 1.807) is 11.1 Å². The minimum atomic E-state index is 0.283. The van der Waals surface area contributed by atoms with E-state index in [1.165, 1.54) is 17.7 Å². The van der Waals surface area contributed by atoms with Gasteiger partial charge in [-0.15, -0.1) is 11.8 Å². The fourth-order valence-corrected chi connectivity index (χ4v) is 3.48. The summed E-state index contributed by atoms with van der Waals surface area (Å²) in [6, 6.07) is 10.9. The van der Waals surface area contributed by atoms with E-state index in [4.69, 9.17) is 0 Å². The lowest BCUT2D eigenvalue weighted by Crippen LogP contribution is -2.22. The van der Waals surface area contributed by atoms with Crippen LogP contribution in [0.3, 0.4) is 0 Å². The summed E-state index contributed by atoms with van der Waals surface area (Å²) in [6.07, 6.45) is 1.19. The van der Waals surface area contributed by atoms with Crippen molar-refractivity contribution in [2.24, 2.45) is 0 Å². The van der Waals surface area contributed by atoms with Crippen LogP contribution in [-0.2, 0) is 4.75 Å². The number of hydrogen-bond donors (Lipinski definition) is 0. The van der Waals surface area contributed by atoms with Gasteiger partial charge in [-0.2, -0.15) is 0 Å². The maximum atomic E-state index is 2.36. The number of allylic oxidation sites excluding steroid dienone is 1. The summed E-state index contributed by atoms with van der Waals surface area (Å²) in [5.41, 5.74) is 4.59. The quantitative estimate of drug-likeness (QED) is 0.631. The summed E-state index contributed by atoms with van der Waals surface area (Å²) in [6.45, 7) is 6.89. The molecule has 0 amide bonds. The van der Waals surface area contributed by atoms with Crippen molar-refractivity contribution in [1.29, 1.82) is 0 Å². The first kappa shape index (κ1) is 10.8. The summed E-state index contributed by atoms with van der Waals surface area (Å²) < 4.78 is 0.283. The molecule has 1 aromatic rings. The molecule has 2 rings (SSSR count). The van der Waals surface area contributed by atoms with E-state index >= 15 is 0 Å². The number of rotatable bonds is 1. The summed E-state index contributed by atoms with van der Waals surface area (Å²) >= 11 is 2.07. The van der Waals surface area contributed by atoms with Crippen LogP contribution in [0.4, 0.5) is 0 Å². The van der Waals surface area contributed by atoms with Crippen LogP contribution in [0.1, 0.15) is 32.8 Å². The van der Waals surface area contributed by atoms with E-state index in [0.717, 1.165) is 0 Å². The molecular weight excluding hydrogens is 200 g/mol. The molecule has 0 saturated carbocycles. The van der Waals surface area contributed by atoms with Crippen LogP contribution in [-0.4, -0.2) is 5.75 Å². The molecule has 0 fully saturated rings. The summed E-state index contributed by atoms with van der Waals surface area (Å²) in [5, 5.41) is 0. The summed E-state index contributed by atoms with van der Waals surface area (Å²) in [7, 11) is 0. The van der Waals surface area contributed by atoms with E-state index in [2.05, 4.69) is 62.9 Å². The largest absolute Gasteiger partial charge is 0.146 e. The van der Waals surface area contributed by atoms with Gasteiger partial charge in [0.05, 0.1) is 0 Å². The molecule has 15 heavy (non-hydrogen) atoms. The van der Waals surface area contributed by atoms with Gasteiger partial charge in [-0.05, 0) is 32.8 Å². The van der Waals surface area contributed by atoms with Crippen molar-refractivity contribution in [2.75, 3.05) is 5.75 Å². The highest BCUT2D eigenvalue weighted by molar-refractivity contribution is 8.00. The lowest BCUT2D eigenvalue weighted by molar-refractivity contribution is 0.668. The lowest BCUT2D eigenvalue weighted by Gasteiger charge is -2.34. The highest BCUT2D eigenvalue weighted by Gasteiger charge is 2.30. The van der Waals surface area contributed by atoms with Crippen LogP contribution in [0.2, 0.25) is 0 Å². The molecule has 80 valence electrons. The molecule has 1 aromatic carbocycles. The van der Waals surface area contributed by atoms with Crippen molar-refractivity contribution >= 4 is 11.8 Å². The first-order valence-corrected chi connectivity index (χ1v) is 6.45. The molecule has 0 saturated heterocycles. The normalized spacial score (nSPS) is 26.9. The van der Waals surface area contributed by atoms with Crippen molar-refractivity contribution < 1.29 is 0 Å². The predicted octanol–water partition coefficient (Wildman–Crippen LogP) is 4.38. The second-order valence-corrected chi connectivity index (χ2v) is 6.10. The molecule has 0 aliphatic carbocycles. The van der Waals surface area contributed by atoms with Gasteiger partial charge in [0.2, 0.25) is 0 Å². The van der Waals surface area contributed by atoms with E-state index in [0.29, 0.717) is 0 Å². The Balaban J connectivity index is 2.31. The minimum Gasteiger partial charge on any atom is -0.146 e. The fourth-order valence-electron chi connectivity index (χ4n) is 2.07. The number of hydrogen-bond acceptors (Lipinski definition) is 1. The van der Waals surface area contributed by atoms with Gasteiger partial charge in [0.1, 0.15) is 0 Å². The molecule has 0 radical (unpaired) electrons. The van der Waals surface area contributed by atoms with Gasteiger partial charge in [-0.3, -0.25) is 0 Å². The van der Waals surface area contributed by atoms with Gasteiger partial charge in [0, 0.05) is 10.5 Å². The molecule has 1 heteroatoms. The summed E-state index contributed by atoms with van der Waals surface area (Å²) in [4.78, 5) is 0. The zero-order valence-electron chi connectivity index (χ0n) is 9.71. The van der Waals surface area contributed by atoms with Crippen LogP contribution in [0.15, 0.2) is 41.5 Å². The molecular formula is C14H18S. The smallest absolute Gasteiger partial charge is 0.0420 e. The number of thioether (sulfide) groups is 1. The Morgan fingerprint density at radius 1 is 1.07 bits per heavy atom. The molecule has 0 spiro atoms. The average molecular weight is 218 g/mol. The van der Waals surface area contributed by atoms with Crippen molar-refractivity contribution in [3.8, 4) is 0 Å². The minimum absolute atomic E-state index is 0.283. The van der Waals surface area contributed by atoms with E-state index in [9.17, 15) is 0 Å². The van der Waals surface area contributed by atoms with Gasteiger partial charge in [0.15, 0.2) is 0 Å². The summed E-state index contributed by atoms with van der Waals surface area (Å²) in [5.74, 6) is 1.18. The van der Waals surface area contributed by atoms with E-state index < -0.39 is 0 Å². The van der Waals surface area contributed by atoms with Gasteiger partial charge in [0.25, 0.3) is 0 Å². The topological polar surface area (TPSA) is 0 Å². The molecule has 1 atom stereocenters. The maximum absolute atomic E-state index is 2.36. The lowest BCUT2D eigenvalue weighted by atomic mass is 9.91. The third-order valence-electron chi connectivity index (χ3n) is 3.32. The fraction of sp³-hybridized carbons (Fsp3) is 0.429. The van der Waals surface area contributed by atoms with E-state index in [-0.39, 0.29) is 4.75 Å². The number of benzene rings is 1. The zero-order valence-corrected chi connectivity index (χ0v) is 10.5. The maximum Gasteiger partial charge on any atom is 0.0420 e. The highest BCUT2D eigenvalue weighted by atomic mass is 32.2. The molecule has 0 nitrogen and oxygen atoms in total. The second kappa shape index (κ2) is 4.05. The first-order chi connectivity index (χ1) is 7.12. The van der Waals surface area contributed by atoms with Gasteiger partial charge in [-0.25, -0.2) is 0 Å². The van der Waals surface area contributed by atoms with Crippen molar-refractivity contribution in [3.05, 3.63) is 47.0 Å². The molecule has 0 aromatic heterocycles. The van der Waals surface area contributed by atoms with Gasteiger partial charge >= 0.3 is 0 Å². The van der Waals surface area contributed by atoms with Gasteiger partial charge < -0.3 is 0 Å². The molecule has 0 N–H and O–H groups in total. The Morgan fingerprint density at radius 3 is 2.33 bits per heavy atom. The zero-order chi connectivity index (χ0) is 10.9. The molecule has 1 unspecified atom stereocenters. The van der Waals surface area contributed by atoms with Crippen LogP contribution in [0.25, 0.3) is 0 Å². The molecule has 1 heterocycles. The molecule has 1 aliphatic rings. The highest BCUT2D eigenvalue weighted by Crippen LogP contribution is 2.46. The van der Waals surface area contributed by atoms with Crippen molar-refractivity contribution in [2.45, 2.75) is 31.9 Å². The Bertz CT molecular complexity index is 378. The first-order valence-electron chi connectivity index (χ1n) is 5.46. The van der Waals surface area contributed by atoms with Crippen molar-refractivity contribution in [3.63, 3.8) is 0 Å². The van der Waals surface area contributed by atoms with Crippen LogP contribution < -0.4 is 0 Å².